The molecule has 0 amide bonds. The fraction of sp³-hybridized carbons (Fsp3) is 0.200. The Kier molecular flexibility index (Phi) is 4.53. The van der Waals surface area contributed by atoms with Crippen LogP contribution in [-0.4, -0.2) is 26.3 Å². The molecule has 1 aromatic heterocycles. The van der Waals surface area contributed by atoms with Crippen molar-refractivity contribution in [3.05, 3.63) is 41.7 Å². The Bertz CT molecular complexity index is 645. The SMILES string of the molecule is COCCOC(=O)/C(C#N)=C/c1cc2ccccc2o1. The summed E-state index contributed by atoms with van der Waals surface area (Å²) in [7, 11) is 1.50. The summed E-state index contributed by atoms with van der Waals surface area (Å²) >= 11 is 0. The second-order valence-corrected chi connectivity index (χ2v) is 3.99. The van der Waals surface area contributed by atoms with Gasteiger partial charge in [-0.25, -0.2) is 4.79 Å². The third-order valence-corrected chi connectivity index (χ3v) is 2.59. The lowest BCUT2D eigenvalue weighted by molar-refractivity contribution is -0.139. The van der Waals surface area contributed by atoms with Gasteiger partial charge in [0.1, 0.15) is 29.6 Å². The Hall–Kier alpha value is -2.58. The van der Waals surface area contributed by atoms with Crippen molar-refractivity contribution in [3.8, 4) is 6.07 Å². The number of esters is 1. The number of rotatable bonds is 5. The highest BCUT2D eigenvalue weighted by molar-refractivity contribution is 5.98. The van der Waals surface area contributed by atoms with Crippen LogP contribution in [0.2, 0.25) is 0 Å². The maximum absolute atomic E-state index is 11.7. The summed E-state index contributed by atoms with van der Waals surface area (Å²) in [4.78, 5) is 11.7. The number of ether oxygens (including phenoxy) is 2. The third kappa shape index (κ3) is 3.25. The minimum Gasteiger partial charge on any atom is -0.459 e. The zero-order valence-electron chi connectivity index (χ0n) is 11.0. The molecule has 102 valence electrons. The monoisotopic (exact) mass is 271 g/mol. The van der Waals surface area contributed by atoms with Crippen molar-refractivity contribution < 1.29 is 18.7 Å². The van der Waals surface area contributed by atoms with Crippen molar-refractivity contribution in [1.82, 2.24) is 0 Å². The molecule has 20 heavy (non-hydrogen) atoms. The molecule has 0 aliphatic rings. The Morgan fingerprint density at radius 1 is 1.40 bits per heavy atom. The normalized spacial score (nSPS) is 11.3. The molecule has 0 unspecified atom stereocenters. The predicted octanol–water partition coefficient (Wildman–Crippen LogP) is 2.53. The molecule has 2 aromatic rings. The van der Waals surface area contributed by atoms with Crippen LogP contribution in [0.1, 0.15) is 5.76 Å². The summed E-state index contributed by atoms with van der Waals surface area (Å²) in [6.07, 6.45) is 1.37. The van der Waals surface area contributed by atoms with Crippen molar-refractivity contribution in [1.29, 1.82) is 5.26 Å². The summed E-state index contributed by atoms with van der Waals surface area (Å²) in [5.74, 6) is -0.253. The highest BCUT2D eigenvalue weighted by Crippen LogP contribution is 2.20. The van der Waals surface area contributed by atoms with E-state index in [1.54, 1.807) is 6.07 Å². The molecule has 1 aromatic carbocycles. The van der Waals surface area contributed by atoms with Gasteiger partial charge < -0.3 is 13.9 Å². The predicted molar refractivity (Wildman–Crippen MR) is 72.6 cm³/mol. The maximum Gasteiger partial charge on any atom is 0.349 e. The number of methoxy groups -OCH3 is 1. The third-order valence-electron chi connectivity index (χ3n) is 2.59. The number of fused-ring (bicyclic) bond motifs is 1. The smallest absolute Gasteiger partial charge is 0.349 e. The van der Waals surface area contributed by atoms with Gasteiger partial charge in [-0.05, 0) is 12.1 Å². The molecule has 0 N–H and O–H groups in total. The van der Waals surface area contributed by atoms with Crippen LogP contribution in [0.15, 0.2) is 40.3 Å². The van der Waals surface area contributed by atoms with E-state index in [0.717, 1.165) is 5.39 Å². The summed E-state index contributed by atoms with van der Waals surface area (Å²) in [6.45, 7) is 0.392. The lowest BCUT2D eigenvalue weighted by atomic mass is 10.2. The molecular formula is C15H13NO4. The van der Waals surface area contributed by atoms with E-state index >= 15 is 0 Å². The molecule has 0 radical (unpaired) electrons. The summed E-state index contributed by atoms with van der Waals surface area (Å²) in [5, 5.41) is 9.90. The number of nitriles is 1. The van der Waals surface area contributed by atoms with E-state index < -0.39 is 5.97 Å². The number of hydrogen-bond donors (Lipinski definition) is 0. The van der Waals surface area contributed by atoms with E-state index in [2.05, 4.69) is 0 Å². The molecule has 0 spiro atoms. The van der Waals surface area contributed by atoms with Crippen LogP contribution in [0.4, 0.5) is 0 Å². The Balaban J connectivity index is 2.18. The molecule has 0 bridgehead atoms. The number of furan rings is 1. The van der Waals surface area contributed by atoms with Crippen LogP contribution in [-0.2, 0) is 14.3 Å². The first-order valence-corrected chi connectivity index (χ1v) is 6.01. The minimum absolute atomic E-state index is 0.106. The van der Waals surface area contributed by atoms with Gasteiger partial charge in [0.15, 0.2) is 0 Å². The van der Waals surface area contributed by atoms with Crippen LogP contribution in [0.5, 0.6) is 0 Å². The molecular weight excluding hydrogens is 258 g/mol. The minimum atomic E-state index is -0.690. The standard InChI is InChI=1S/C15H13NO4/c1-18-6-7-19-15(17)12(10-16)9-13-8-11-4-2-3-5-14(11)20-13/h2-5,8-9H,6-7H2,1H3/b12-9+. The van der Waals surface area contributed by atoms with E-state index in [4.69, 9.17) is 19.2 Å². The van der Waals surface area contributed by atoms with Gasteiger partial charge in [-0.1, -0.05) is 18.2 Å². The lowest BCUT2D eigenvalue weighted by Gasteiger charge is -2.01. The molecule has 0 atom stereocenters. The second kappa shape index (κ2) is 6.55. The largest absolute Gasteiger partial charge is 0.459 e. The molecule has 1 heterocycles. The topological polar surface area (TPSA) is 72.5 Å². The highest BCUT2D eigenvalue weighted by atomic mass is 16.6. The number of nitrogens with zero attached hydrogens (tertiary/aromatic N) is 1. The fourth-order valence-corrected chi connectivity index (χ4v) is 1.65. The van der Waals surface area contributed by atoms with Crippen molar-refractivity contribution in [2.75, 3.05) is 20.3 Å². The van der Waals surface area contributed by atoms with Gasteiger partial charge in [-0.3, -0.25) is 0 Å². The van der Waals surface area contributed by atoms with Crippen LogP contribution in [0.3, 0.4) is 0 Å². The number of carbonyl (C=O) groups is 1. The number of hydrogen-bond acceptors (Lipinski definition) is 5. The van der Waals surface area contributed by atoms with Gasteiger partial charge in [-0.15, -0.1) is 0 Å². The first-order valence-electron chi connectivity index (χ1n) is 6.01. The highest BCUT2D eigenvalue weighted by Gasteiger charge is 2.12. The van der Waals surface area contributed by atoms with E-state index in [1.807, 2.05) is 30.3 Å². The number of carbonyl (C=O) groups excluding carboxylic acids is 1. The fourth-order valence-electron chi connectivity index (χ4n) is 1.65. The van der Waals surface area contributed by atoms with Gasteiger partial charge in [0.25, 0.3) is 0 Å². The molecule has 0 aliphatic heterocycles. The van der Waals surface area contributed by atoms with E-state index in [1.165, 1.54) is 13.2 Å². The molecule has 0 fully saturated rings. The van der Waals surface area contributed by atoms with Crippen molar-refractivity contribution in [2.24, 2.45) is 0 Å². The molecule has 5 heteroatoms. The average Bonchev–Trinajstić information content (AvgIpc) is 2.87. The van der Waals surface area contributed by atoms with E-state index in [9.17, 15) is 4.79 Å². The van der Waals surface area contributed by atoms with Crippen LogP contribution < -0.4 is 0 Å². The molecule has 0 aliphatic carbocycles. The number of para-hydroxylation sites is 1. The van der Waals surface area contributed by atoms with E-state index in [0.29, 0.717) is 11.3 Å². The number of benzene rings is 1. The first kappa shape index (κ1) is 13.8. The van der Waals surface area contributed by atoms with Crippen LogP contribution >= 0.6 is 0 Å². The van der Waals surface area contributed by atoms with Gasteiger partial charge in [0, 0.05) is 18.6 Å². The molecule has 0 saturated heterocycles. The molecule has 5 nitrogen and oxygen atoms in total. The summed E-state index contributed by atoms with van der Waals surface area (Å²) in [6, 6.07) is 11.0. The second-order valence-electron chi connectivity index (χ2n) is 3.99. The average molecular weight is 271 g/mol. The maximum atomic E-state index is 11.7. The van der Waals surface area contributed by atoms with Crippen LogP contribution in [0.25, 0.3) is 17.0 Å². The van der Waals surface area contributed by atoms with Crippen LogP contribution in [0, 0.1) is 11.3 Å². The van der Waals surface area contributed by atoms with Gasteiger partial charge >= 0.3 is 5.97 Å². The zero-order valence-corrected chi connectivity index (χ0v) is 11.0. The Morgan fingerprint density at radius 3 is 2.90 bits per heavy atom. The summed E-state index contributed by atoms with van der Waals surface area (Å²) in [5.41, 5.74) is 0.587. The van der Waals surface area contributed by atoms with E-state index in [-0.39, 0.29) is 18.8 Å². The van der Waals surface area contributed by atoms with Crippen molar-refractivity contribution >= 4 is 23.0 Å². The van der Waals surface area contributed by atoms with Crippen molar-refractivity contribution in [3.63, 3.8) is 0 Å². The first-order chi connectivity index (χ1) is 9.74. The van der Waals surface area contributed by atoms with Gasteiger partial charge in [0.05, 0.1) is 6.61 Å². The Morgan fingerprint density at radius 2 is 2.20 bits per heavy atom. The van der Waals surface area contributed by atoms with Gasteiger partial charge in [-0.2, -0.15) is 5.26 Å². The summed E-state index contributed by atoms with van der Waals surface area (Å²) < 4.78 is 15.2. The molecule has 0 saturated carbocycles. The molecule has 2 rings (SSSR count). The zero-order chi connectivity index (χ0) is 14.4. The Labute approximate surface area is 116 Å². The van der Waals surface area contributed by atoms with Crippen molar-refractivity contribution in [2.45, 2.75) is 0 Å². The lowest BCUT2D eigenvalue weighted by Crippen LogP contribution is -2.11. The van der Waals surface area contributed by atoms with Gasteiger partial charge in [0.2, 0.25) is 0 Å². The quantitative estimate of drug-likeness (QED) is 0.361.